The molecule has 1 N–H and O–H groups in total. The highest BCUT2D eigenvalue weighted by atomic mass is 35.5. The summed E-state index contributed by atoms with van der Waals surface area (Å²) in [5, 5.41) is 10.3. The summed E-state index contributed by atoms with van der Waals surface area (Å²) >= 11 is 5.92. The summed E-state index contributed by atoms with van der Waals surface area (Å²) in [6.07, 6.45) is 6.58. The Kier molecular flexibility index (Phi) is 7.25. The molecule has 1 aliphatic heterocycles. The van der Waals surface area contributed by atoms with Crippen molar-refractivity contribution in [1.29, 1.82) is 0 Å². The van der Waals surface area contributed by atoms with Crippen LogP contribution in [0.4, 0.5) is 0 Å². The summed E-state index contributed by atoms with van der Waals surface area (Å²) in [6, 6.07) is 14.3. The fourth-order valence-corrected chi connectivity index (χ4v) is 4.22. The monoisotopic (exact) mass is 487 g/mol. The minimum Gasteiger partial charge on any atom is -0.481 e. The fraction of sp³-hybridized carbons (Fsp3) is 0.179. The van der Waals surface area contributed by atoms with Gasteiger partial charge in [-0.25, -0.2) is 0 Å². The van der Waals surface area contributed by atoms with Gasteiger partial charge >= 0.3 is 5.97 Å². The maximum atomic E-state index is 12.8. The first-order valence-corrected chi connectivity index (χ1v) is 11.5. The summed E-state index contributed by atoms with van der Waals surface area (Å²) in [7, 11) is 0. The van der Waals surface area contributed by atoms with Gasteiger partial charge in [0.25, 0.3) is 11.8 Å². The van der Waals surface area contributed by atoms with Gasteiger partial charge in [-0.05, 0) is 54.3 Å². The molecule has 2 aromatic rings. The number of allylic oxidation sites excluding steroid dienone is 1. The van der Waals surface area contributed by atoms with E-state index in [0.717, 1.165) is 16.0 Å². The topological polar surface area (TPSA) is 91.8 Å². The standard InChI is InChI=1S/C28H22ClNO5/c29-22-14-12-19(13-15-22)18-8-10-20(11-9-18)25(31)17-21(28(34)35)5-4-16-30-26(32)23-6-2-1-3-7-24(23)27(30)33/h1-2,6-15,21H,4-5,16-17H2,(H,34,35). The molecule has 2 amide bonds. The molecule has 35 heavy (non-hydrogen) atoms. The van der Waals surface area contributed by atoms with Crippen molar-refractivity contribution in [3.63, 3.8) is 0 Å². The molecule has 2 aromatic carbocycles. The van der Waals surface area contributed by atoms with Crippen LogP contribution in [-0.4, -0.2) is 40.1 Å². The van der Waals surface area contributed by atoms with Gasteiger partial charge in [0, 0.05) is 23.6 Å². The molecule has 1 heterocycles. The number of aliphatic carboxylic acids is 1. The van der Waals surface area contributed by atoms with Gasteiger partial charge in [0.15, 0.2) is 5.78 Å². The lowest BCUT2D eigenvalue weighted by molar-refractivity contribution is -0.141. The lowest BCUT2D eigenvalue weighted by atomic mass is 9.93. The second kappa shape index (κ2) is 10.5. The van der Waals surface area contributed by atoms with Gasteiger partial charge in [-0.15, -0.1) is 5.73 Å². The van der Waals surface area contributed by atoms with Gasteiger partial charge in [0.1, 0.15) is 0 Å². The molecule has 1 aliphatic carbocycles. The highest BCUT2D eigenvalue weighted by Gasteiger charge is 2.35. The highest BCUT2D eigenvalue weighted by molar-refractivity contribution is 6.30. The number of amides is 2. The van der Waals surface area contributed by atoms with Gasteiger partial charge in [-0.3, -0.25) is 24.1 Å². The molecule has 176 valence electrons. The van der Waals surface area contributed by atoms with E-state index in [0.29, 0.717) is 16.2 Å². The van der Waals surface area contributed by atoms with Crippen LogP contribution < -0.4 is 0 Å². The van der Waals surface area contributed by atoms with Gasteiger partial charge in [0.05, 0.1) is 17.1 Å². The molecule has 0 saturated heterocycles. The van der Waals surface area contributed by atoms with Crippen LogP contribution >= 0.6 is 11.6 Å². The SMILES string of the molecule is O=C(CC(CCCN1C(=O)C2=C(C=CC=C=C2)C1=O)C(=O)O)c1ccc(-c2ccc(Cl)cc2)cc1. The molecule has 0 radical (unpaired) electrons. The third kappa shape index (κ3) is 5.40. The number of ketones is 1. The molecule has 0 spiro atoms. The second-order valence-electron chi connectivity index (χ2n) is 8.32. The van der Waals surface area contributed by atoms with E-state index in [4.69, 9.17) is 11.6 Å². The average molecular weight is 488 g/mol. The summed E-state index contributed by atoms with van der Waals surface area (Å²) in [5.41, 5.74) is 5.71. The van der Waals surface area contributed by atoms with Crippen LogP contribution in [0.15, 0.2) is 89.7 Å². The molecular formula is C28H22ClNO5. The number of carbonyl (C=O) groups excluding carboxylic acids is 3. The predicted molar refractivity (Wildman–Crippen MR) is 132 cm³/mol. The number of benzene rings is 2. The molecule has 1 unspecified atom stereocenters. The minimum absolute atomic E-state index is 0.0871. The Bertz CT molecular complexity index is 1310. The summed E-state index contributed by atoms with van der Waals surface area (Å²) < 4.78 is 0. The Morgan fingerprint density at radius 3 is 2.23 bits per heavy atom. The number of carboxylic acids is 1. The van der Waals surface area contributed by atoms with E-state index in [2.05, 4.69) is 5.73 Å². The number of hydrogen-bond donors (Lipinski definition) is 1. The van der Waals surface area contributed by atoms with Crippen molar-refractivity contribution in [3.8, 4) is 11.1 Å². The van der Waals surface area contributed by atoms with Crippen LogP contribution in [0.1, 0.15) is 29.6 Å². The molecule has 0 aromatic heterocycles. The Morgan fingerprint density at radius 2 is 1.57 bits per heavy atom. The van der Waals surface area contributed by atoms with Crippen molar-refractivity contribution in [3.05, 3.63) is 100 Å². The van der Waals surface area contributed by atoms with E-state index < -0.39 is 23.7 Å². The average Bonchev–Trinajstić information content (AvgIpc) is 3.02. The lowest BCUT2D eigenvalue weighted by Crippen LogP contribution is -2.33. The van der Waals surface area contributed by atoms with E-state index in [-0.39, 0.29) is 37.2 Å². The minimum atomic E-state index is -1.08. The van der Waals surface area contributed by atoms with Gasteiger partial charge in [-0.1, -0.05) is 54.1 Å². The first-order chi connectivity index (χ1) is 16.8. The van der Waals surface area contributed by atoms with E-state index >= 15 is 0 Å². The van der Waals surface area contributed by atoms with Crippen LogP contribution in [0.25, 0.3) is 11.1 Å². The number of carbonyl (C=O) groups is 4. The quantitative estimate of drug-likeness (QED) is 0.305. The smallest absolute Gasteiger partial charge is 0.306 e. The third-order valence-electron chi connectivity index (χ3n) is 6.02. The lowest BCUT2D eigenvalue weighted by Gasteiger charge is -2.17. The van der Waals surface area contributed by atoms with E-state index in [1.165, 1.54) is 6.08 Å². The van der Waals surface area contributed by atoms with Gasteiger partial charge < -0.3 is 5.11 Å². The van der Waals surface area contributed by atoms with Crippen molar-refractivity contribution >= 4 is 35.2 Å². The van der Waals surface area contributed by atoms with Crippen molar-refractivity contribution in [2.45, 2.75) is 19.3 Å². The first-order valence-electron chi connectivity index (χ1n) is 11.2. The zero-order chi connectivity index (χ0) is 24.9. The zero-order valence-corrected chi connectivity index (χ0v) is 19.5. The zero-order valence-electron chi connectivity index (χ0n) is 18.7. The Labute approximate surface area is 207 Å². The summed E-state index contributed by atoms with van der Waals surface area (Å²) in [4.78, 5) is 50.8. The largest absolute Gasteiger partial charge is 0.481 e. The molecule has 4 rings (SSSR count). The summed E-state index contributed by atoms with van der Waals surface area (Å²) in [6.45, 7) is 0.0871. The van der Waals surface area contributed by atoms with E-state index in [1.807, 2.05) is 24.3 Å². The van der Waals surface area contributed by atoms with Crippen LogP contribution in [-0.2, 0) is 14.4 Å². The molecule has 6 nitrogen and oxygen atoms in total. The van der Waals surface area contributed by atoms with Crippen LogP contribution in [0, 0.1) is 5.92 Å². The summed E-state index contributed by atoms with van der Waals surface area (Å²) in [5.74, 6) is -3.09. The molecule has 2 aliphatic rings. The van der Waals surface area contributed by atoms with Crippen molar-refractivity contribution in [2.75, 3.05) is 6.54 Å². The normalized spacial score (nSPS) is 15.4. The maximum absolute atomic E-state index is 12.8. The number of hydrogen-bond acceptors (Lipinski definition) is 4. The number of halogens is 1. The molecule has 0 fully saturated rings. The first kappa shape index (κ1) is 24.1. The molecular weight excluding hydrogens is 466 g/mol. The van der Waals surface area contributed by atoms with Crippen molar-refractivity contribution in [2.24, 2.45) is 5.92 Å². The van der Waals surface area contributed by atoms with Crippen molar-refractivity contribution < 1.29 is 24.3 Å². The number of Topliss-reactive ketones (excluding diaryl/α,β-unsaturated/α-hetero) is 1. The third-order valence-corrected chi connectivity index (χ3v) is 6.28. The van der Waals surface area contributed by atoms with E-state index in [1.54, 1.807) is 42.5 Å². The van der Waals surface area contributed by atoms with Crippen LogP contribution in [0.3, 0.4) is 0 Å². The molecule has 0 saturated carbocycles. The van der Waals surface area contributed by atoms with E-state index in [9.17, 15) is 24.3 Å². The number of rotatable bonds is 9. The Hall–Kier alpha value is -3.99. The van der Waals surface area contributed by atoms with Crippen molar-refractivity contribution in [1.82, 2.24) is 4.90 Å². The molecule has 7 heteroatoms. The predicted octanol–water partition coefficient (Wildman–Crippen LogP) is 5.01. The number of carboxylic acid groups (broad SMARTS) is 1. The molecule has 0 bridgehead atoms. The van der Waals surface area contributed by atoms with Gasteiger partial charge in [-0.2, -0.15) is 0 Å². The maximum Gasteiger partial charge on any atom is 0.306 e. The van der Waals surface area contributed by atoms with Gasteiger partial charge in [0.2, 0.25) is 0 Å². The second-order valence-corrected chi connectivity index (χ2v) is 8.75. The van der Waals surface area contributed by atoms with Crippen LogP contribution in [0.5, 0.6) is 0 Å². The number of imide groups is 1. The molecule has 1 atom stereocenters. The number of nitrogens with zero attached hydrogens (tertiary/aromatic N) is 1. The fourth-order valence-electron chi connectivity index (χ4n) is 4.09. The van der Waals surface area contributed by atoms with Crippen LogP contribution in [0.2, 0.25) is 5.02 Å². The Morgan fingerprint density at radius 1 is 0.943 bits per heavy atom. The Balaban J connectivity index is 1.34. The highest BCUT2D eigenvalue weighted by Crippen LogP contribution is 2.26.